The molecule has 4 heterocycles. The molecule has 3 aromatic carbocycles. The largest absolute Gasteiger partial charge is 0.471 e. The SMILES string of the molecule is Cc1cc2c(nc(OC(C)[C@@H]3CCCN3C)c3nnn(C4CCN(C(=O)/C=C/CF)CC4)c32)c(F)c1-c1cccc2cccc(C#N)c12. The molecule has 5 aromatic rings. The van der Waals surface area contributed by atoms with E-state index in [2.05, 4.69) is 28.3 Å². The minimum absolute atomic E-state index is 0.111. The molecular weight excluding hydrogens is 612 g/mol. The molecule has 0 bridgehead atoms. The first-order valence-corrected chi connectivity index (χ1v) is 16.5. The van der Waals surface area contributed by atoms with Crippen LogP contribution in [0.2, 0.25) is 0 Å². The van der Waals surface area contributed by atoms with E-state index < -0.39 is 12.5 Å². The maximum atomic E-state index is 17.2. The molecule has 0 spiro atoms. The lowest BCUT2D eigenvalue weighted by molar-refractivity contribution is -0.127. The number of hydrogen-bond donors (Lipinski definition) is 0. The number of aryl methyl sites for hydroxylation is 1. The predicted octanol–water partition coefficient (Wildman–Crippen LogP) is 6.67. The summed E-state index contributed by atoms with van der Waals surface area (Å²) in [6.07, 6.45) is 5.52. The highest BCUT2D eigenvalue weighted by Crippen LogP contribution is 2.41. The van der Waals surface area contributed by atoms with Gasteiger partial charge in [-0.25, -0.2) is 18.4 Å². The van der Waals surface area contributed by atoms with Crippen LogP contribution in [0.25, 0.3) is 43.8 Å². The molecule has 2 aliphatic rings. The van der Waals surface area contributed by atoms with Crippen LogP contribution in [0.15, 0.2) is 54.6 Å². The van der Waals surface area contributed by atoms with Crippen LogP contribution in [0.3, 0.4) is 0 Å². The van der Waals surface area contributed by atoms with Crippen molar-refractivity contribution >= 4 is 38.6 Å². The molecule has 0 aliphatic carbocycles. The summed E-state index contributed by atoms with van der Waals surface area (Å²) in [7, 11) is 2.08. The number of fused-ring (bicyclic) bond motifs is 4. The number of carbonyl (C=O) groups is 1. The number of piperidine rings is 1. The highest BCUT2D eigenvalue weighted by Gasteiger charge is 2.32. The summed E-state index contributed by atoms with van der Waals surface area (Å²) in [6, 6.07) is 15.4. The van der Waals surface area contributed by atoms with Crippen LogP contribution >= 0.6 is 0 Å². The molecule has 246 valence electrons. The van der Waals surface area contributed by atoms with Crippen molar-refractivity contribution in [3.63, 3.8) is 0 Å². The number of alkyl halides is 1. The molecule has 0 N–H and O–H groups in total. The van der Waals surface area contributed by atoms with Crippen molar-refractivity contribution < 1.29 is 18.3 Å². The quantitative estimate of drug-likeness (QED) is 0.182. The first kappa shape index (κ1) is 31.6. The second-order valence-corrected chi connectivity index (χ2v) is 12.9. The number of likely N-dealkylation sites (N-methyl/N-ethyl adjacent to an activating group) is 1. The molecule has 1 unspecified atom stereocenters. The van der Waals surface area contributed by atoms with Gasteiger partial charge in [0.2, 0.25) is 11.8 Å². The van der Waals surface area contributed by atoms with Crippen molar-refractivity contribution in [3.8, 4) is 23.1 Å². The van der Waals surface area contributed by atoms with Gasteiger partial charge in [0.15, 0.2) is 11.3 Å². The Labute approximate surface area is 277 Å². The average Bonchev–Trinajstić information content (AvgIpc) is 3.74. The van der Waals surface area contributed by atoms with Crippen LogP contribution in [0.1, 0.15) is 49.8 Å². The topological polar surface area (TPSA) is 100 Å². The van der Waals surface area contributed by atoms with Crippen molar-refractivity contribution in [2.45, 2.75) is 57.7 Å². The number of nitrogens with zero attached hydrogens (tertiary/aromatic N) is 7. The molecule has 48 heavy (non-hydrogen) atoms. The Hall–Kier alpha value is -4.95. The number of pyridine rings is 1. The summed E-state index contributed by atoms with van der Waals surface area (Å²) in [5, 5.41) is 21.2. The number of allylic oxidation sites excluding steroid dienone is 1. The first-order valence-electron chi connectivity index (χ1n) is 16.5. The lowest BCUT2D eigenvalue weighted by Crippen LogP contribution is -2.38. The van der Waals surface area contributed by atoms with Crippen LogP contribution in [0.4, 0.5) is 8.78 Å². The third-order valence-corrected chi connectivity index (χ3v) is 9.99. The molecule has 0 radical (unpaired) electrons. The zero-order chi connectivity index (χ0) is 33.5. The van der Waals surface area contributed by atoms with Crippen molar-refractivity contribution in [3.05, 3.63) is 71.6 Å². The summed E-state index contributed by atoms with van der Waals surface area (Å²) in [6.45, 7) is 5.11. The fourth-order valence-corrected chi connectivity index (χ4v) is 7.58. The smallest absolute Gasteiger partial charge is 0.246 e. The Kier molecular flexibility index (Phi) is 8.52. The number of ether oxygens (including phenoxy) is 1. The summed E-state index contributed by atoms with van der Waals surface area (Å²) < 4.78 is 38.2. The Morgan fingerprint density at radius 1 is 1.15 bits per heavy atom. The third-order valence-electron chi connectivity index (χ3n) is 9.99. The molecular formula is C37H37F2N7O2. The van der Waals surface area contributed by atoms with E-state index in [-0.39, 0.29) is 35.5 Å². The molecule has 9 nitrogen and oxygen atoms in total. The van der Waals surface area contributed by atoms with Crippen molar-refractivity contribution in [1.29, 1.82) is 5.26 Å². The van der Waals surface area contributed by atoms with Crippen LogP contribution in [-0.4, -0.2) is 81.2 Å². The van der Waals surface area contributed by atoms with E-state index in [0.29, 0.717) is 70.0 Å². The van der Waals surface area contributed by atoms with E-state index in [1.54, 1.807) is 11.0 Å². The minimum atomic E-state index is -0.689. The van der Waals surface area contributed by atoms with E-state index in [9.17, 15) is 14.4 Å². The fraction of sp³-hybridized carbons (Fsp3) is 0.378. The first-order chi connectivity index (χ1) is 23.3. The van der Waals surface area contributed by atoms with E-state index >= 15 is 4.39 Å². The third kappa shape index (κ3) is 5.44. The predicted molar refractivity (Wildman–Crippen MR) is 181 cm³/mol. The van der Waals surface area contributed by atoms with Crippen molar-refractivity contribution in [2.24, 2.45) is 0 Å². The molecule has 11 heteroatoms. The second kappa shape index (κ2) is 12.9. The molecule has 0 saturated carbocycles. The zero-order valence-electron chi connectivity index (χ0n) is 27.3. The van der Waals surface area contributed by atoms with Crippen LogP contribution in [-0.2, 0) is 4.79 Å². The van der Waals surface area contributed by atoms with Crippen molar-refractivity contribution in [2.75, 3.05) is 33.4 Å². The molecule has 2 aliphatic heterocycles. The van der Waals surface area contributed by atoms with Gasteiger partial charge in [0.25, 0.3) is 0 Å². The highest BCUT2D eigenvalue weighted by molar-refractivity contribution is 6.08. The zero-order valence-corrected chi connectivity index (χ0v) is 27.3. The summed E-state index contributed by atoms with van der Waals surface area (Å²) in [5.74, 6) is -0.496. The van der Waals surface area contributed by atoms with Gasteiger partial charge in [-0.2, -0.15) is 5.26 Å². The summed E-state index contributed by atoms with van der Waals surface area (Å²) in [4.78, 5) is 21.3. The Morgan fingerprint density at radius 2 is 1.92 bits per heavy atom. The maximum Gasteiger partial charge on any atom is 0.246 e. The molecule has 2 saturated heterocycles. The molecule has 7 rings (SSSR count). The summed E-state index contributed by atoms with van der Waals surface area (Å²) in [5.41, 5.74) is 3.39. The fourth-order valence-electron chi connectivity index (χ4n) is 7.58. The van der Waals surface area contributed by atoms with Gasteiger partial charge in [-0.1, -0.05) is 35.5 Å². The van der Waals surface area contributed by atoms with Gasteiger partial charge < -0.3 is 9.64 Å². The van der Waals surface area contributed by atoms with E-state index in [4.69, 9.17) is 9.72 Å². The van der Waals surface area contributed by atoms with Crippen LogP contribution in [0, 0.1) is 24.1 Å². The number of halogens is 2. The van der Waals surface area contributed by atoms with Gasteiger partial charge in [-0.05, 0) is 87.8 Å². The molecule has 2 fully saturated rings. The minimum Gasteiger partial charge on any atom is -0.471 e. The van der Waals surface area contributed by atoms with E-state index in [1.165, 1.54) is 12.2 Å². The van der Waals surface area contributed by atoms with Crippen LogP contribution in [0.5, 0.6) is 5.88 Å². The van der Waals surface area contributed by atoms with E-state index in [0.717, 1.165) is 24.8 Å². The lowest BCUT2D eigenvalue weighted by Gasteiger charge is -2.31. The second-order valence-electron chi connectivity index (χ2n) is 12.9. The standard InChI is InChI=1S/C37H37F2N7O2/c1-22-20-28-34(33(39)31(22)27-11-5-9-24-8-4-10-25(21-40)32(24)27)41-37(48-23(2)29-12-7-17-44(29)3)35-36(28)46(43-42-35)26-14-18-45(19-15-26)30(47)13-6-16-38/h4-6,8-11,13,20,23,26,29H,7,12,14-19H2,1-3H3/b13-6+/t23?,29-/m0/s1. The molecule has 2 aromatic heterocycles. The van der Waals surface area contributed by atoms with Crippen molar-refractivity contribution in [1.82, 2.24) is 29.8 Å². The highest BCUT2D eigenvalue weighted by atomic mass is 19.1. The number of benzene rings is 3. The van der Waals surface area contributed by atoms with Gasteiger partial charge in [0.1, 0.15) is 23.8 Å². The Morgan fingerprint density at radius 3 is 2.62 bits per heavy atom. The van der Waals surface area contributed by atoms with Gasteiger partial charge in [0.05, 0.1) is 17.7 Å². The summed E-state index contributed by atoms with van der Waals surface area (Å²) >= 11 is 0. The van der Waals surface area contributed by atoms with Gasteiger partial charge in [-0.15, -0.1) is 5.10 Å². The normalized spacial score (nSPS) is 18.3. The van der Waals surface area contributed by atoms with E-state index in [1.807, 2.05) is 54.9 Å². The number of rotatable bonds is 7. The number of nitriles is 1. The molecule has 2 atom stereocenters. The Balaban J connectivity index is 1.39. The lowest BCUT2D eigenvalue weighted by atomic mass is 9.91. The van der Waals surface area contributed by atoms with Gasteiger partial charge in [-0.3, -0.25) is 9.69 Å². The number of hydrogen-bond acceptors (Lipinski definition) is 7. The number of carbonyl (C=O) groups excluding carboxylic acids is 1. The monoisotopic (exact) mass is 649 g/mol. The van der Waals surface area contributed by atoms with Crippen LogP contribution < -0.4 is 4.74 Å². The van der Waals surface area contributed by atoms with Gasteiger partial charge in [0, 0.05) is 41.5 Å². The number of aromatic nitrogens is 4. The number of likely N-dealkylation sites (tertiary alicyclic amines) is 2. The Bertz CT molecular complexity index is 2110. The average molecular weight is 650 g/mol. The maximum absolute atomic E-state index is 17.2. The van der Waals surface area contributed by atoms with Gasteiger partial charge >= 0.3 is 0 Å². The number of amides is 1. The molecule has 1 amide bonds.